The molecule has 0 aliphatic carbocycles. The molecule has 0 unspecified atom stereocenters. The molecule has 0 atom stereocenters. The van der Waals surface area contributed by atoms with Crippen LogP contribution in [0.2, 0.25) is 5.02 Å². The van der Waals surface area contributed by atoms with Crippen molar-refractivity contribution in [3.8, 4) is 11.3 Å². The summed E-state index contributed by atoms with van der Waals surface area (Å²) in [6.45, 7) is 1.46. The number of benzene rings is 2. The van der Waals surface area contributed by atoms with Crippen LogP contribution in [0.15, 0.2) is 52.3 Å². The van der Waals surface area contributed by atoms with Gasteiger partial charge < -0.3 is 5.32 Å². The van der Waals surface area contributed by atoms with Crippen molar-refractivity contribution in [2.24, 2.45) is 0 Å². The van der Waals surface area contributed by atoms with Gasteiger partial charge in [-0.3, -0.25) is 14.9 Å². The molecule has 0 bridgehead atoms. The van der Waals surface area contributed by atoms with Crippen molar-refractivity contribution >= 4 is 61.5 Å². The van der Waals surface area contributed by atoms with E-state index < -0.39 is 0 Å². The predicted molar refractivity (Wildman–Crippen MR) is 109 cm³/mol. The number of nitrogens with zero attached hydrogens (tertiary/aromatic N) is 1. The van der Waals surface area contributed by atoms with E-state index in [4.69, 9.17) is 11.6 Å². The van der Waals surface area contributed by atoms with Crippen LogP contribution in [0.3, 0.4) is 0 Å². The van der Waals surface area contributed by atoms with E-state index in [1.165, 1.54) is 18.3 Å². The van der Waals surface area contributed by atoms with E-state index in [1.807, 2.05) is 17.5 Å². The highest BCUT2D eigenvalue weighted by molar-refractivity contribution is 9.10. The number of anilines is 2. The lowest BCUT2D eigenvalue weighted by Gasteiger charge is -2.05. The number of halogens is 2. The minimum absolute atomic E-state index is 0.123. The Morgan fingerprint density at radius 1 is 1.12 bits per heavy atom. The summed E-state index contributed by atoms with van der Waals surface area (Å²) >= 11 is 10.7. The molecule has 3 rings (SSSR count). The Morgan fingerprint density at radius 2 is 1.85 bits per heavy atom. The maximum atomic E-state index is 12.4. The Bertz CT molecular complexity index is 973. The summed E-state index contributed by atoms with van der Waals surface area (Å²) in [6.07, 6.45) is 0. The molecule has 2 aromatic carbocycles. The van der Waals surface area contributed by atoms with E-state index in [1.54, 1.807) is 30.3 Å². The number of hydrogen-bond donors (Lipinski definition) is 2. The molecule has 2 N–H and O–H groups in total. The molecule has 2 amide bonds. The highest BCUT2D eigenvalue weighted by atomic mass is 79.9. The van der Waals surface area contributed by atoms with Crippen LogP contribution in [0.25, 0.3) is 11.3 Å². The first-order valence-corrected chi connectivity index (χ1v) is 9.57. The second kappa shape index (κ2) is 7.99. The van der Waals surface area contributed by atoms with Gasteiger partial charge >= 0.3 is 0 Å². The van der Waals surface area contributed by atoms with E-state index in [9.17, 15) is 9.59 Å². The number of amides is 2. The lowest BCUT2D eigenvalue weighted by molar-refractivity contribution is -0.114. The molecule has 0 saturated carbocycles. The minimum atomic E-state index is -0.321. The maximum Gasteiger partial charge on any atom is 0.258 e. The van der Waals surface area contributed by atoms with E-state index in [0.29, 0.717) is 21.4 Å². The van der Waals surface area contributed by atoms with Crippen molar-refractivity contribution in [1.82, 2.24) is 4.98 Å². The molecular weight excluding hydrogens is 438 g/mol. The first-order valence-electron chi connectivity index (χ1n) is 7.52. The van der Waals surface area contributed by atoms with Crippen LogP contribution in [-0.4, -0.2) is 16.8 Å². The fourth-order valence-corrected chi connectivity index (χ4v) is 3.51. The highest BCUT2D eigenvalue weighted by Crippen LogP contribution is 2.27. The largest absolute Gasteiger partial charge is 0.326 e. The van der Waals surface area contributed by atoms with Crippen LogP contribution in [0.4, 0.5) is 10.8 Å². The molecule has 1 heterocycles. The van der Waals surface area contributed by atoms with Gasteiger partial charge in [-0.1, -0.05) is 39.7 Å². The van der Waals surface area contributed by atoms with Gasteiger partial charge in [0.25, 0.3) is 5.91 Å². The van der Waals surface area contributed by atoms with Crippen LogP contribution in [-0.2, 0) is 4.79 Å². The normalized spacial score (nSPS) is 10.4. The second-order valence-electron chi connectivity index (χ2n) is 5.37. The maximum absolute atomic E-state index is 12.4. The zero-order valence-corrected chi connectivity index (χ0v) is 16.7. The van der Waals surface area contributed by atoms with Crippen molar-refractivity contribution in [2.75, 3.05) is 10.6 Å². The van der Waals surface area contributed by atoms with Gasteiger partial charge in [0.05, 0.1) is 16.3 Å². The molecule has 0 fully saturated rings. The predicted octanol–water partition coefficient (Wildman–Crippen LogP) is 5.44. The summed E-state index contributed by atoms with van der Waals surface area (Å²) in [7, 11) is 0. The topological polar surface area (TPSA) is 71.1 Å². The van der Waals surface area contributed by atoms with E-state index in [2.05, 4.69) is 31.5 Å². The molecule has 132 valence electrons. The zero-order valence-electron chi connectivity index (χ0n) is 13.5. The van der Waals surface area contributed by atoms with E-state index >= 15 is 0 Å². The van der Waals surface area contributed by atoms with Gasteiger partial charge in [-0.2, -0.15) is 0 Å². The smallest absolute Gasteiger partial charge is 0.258 e. The molecular formula is C18H13BrClN3O2S. The first kappa shape index (κ1) is 18.6. The van der Waals surface area contributed by atoms with Crippen LogP contribution in [0, 0.1) is 0 Å². The Labute approximate surface area is 167 Å². The van der Waals surface area contributed by atoms with E-state index in [-0.39, 0.29) is 11.8 Å². The third kappa shape index (κ3) is 4.49. The molecule has 0 aliphatic heterocycles. The van der Waals surface area contributed by atoms with Crippen molar-refractivity contribution in [1.29, 1.82) is 0 Å². The van der Waals surface area contributed by atoms with Crippen LogP contribution in [0.1, 0.15) is 17.3 Å². The van der Waals surface area contributed by atoms with E-state index in [0.717, 1.165) is 15.7 Å². The number of carbonyl (C=O) groups excluding carboxylic acids is 2. The van der Waals surface area contributed by atoms with Crippen molar-refractivity contribution in [3.05, 3.63) is 62.9 Å². The van der Waals surface area contributed by atoms with Crippen LogP contribution in [0.5, 0.6) is 0 Å². The number of aromatic nitrogens is 1. The number of rotatable bonds is 4. The molecule has 0 saturated heterocycles. The van der Waals surface area contributed by atoms with Crippen molar-refractivity contribution < 1.29 is 9.59 Å². The fourth-order valence-electron chi connectivity index (χ4n) is 2.23. The van der Waals surface area contributed by atoms with Crippen molar-refractivity contribution in [3.63, 3.8) is 0 Å². The molecule has 0 radical (unpaired) electrons. The first-order chi connectivity index (χ1) is 12.4. The van der Waals surface area contributed by atoms with Crippen LogP contribution >= 0.6 is 38.9 Å². The monoisotopic (exact) mass is 449 g/mol. The Kier molecular flexibility index (Phi) is 5.70. The third-order valence-electron chi connectivity index (χ3n) is 3.40. The van der Waals surface area contributed by atoms with Gasteiger partial charge in [0.2, 0.25) is 5.91 Å². The summed E-state index contributed by atoms with van der Waals surface area (Å²) in [4.78, 5) is 27.9. The molecule has 3 aromatic rings. The van der Waals surface area contributed by atoms with Gasteiger partial charge in [0.1, 0.15) is 0 Å². The Morgan fingerprint density at radius 3 is 2.54 bits per heavy atom. The third-order valence-corrected chi connectivity index (χ3v) is 4.98. The van der Waals surface area contributed by atoms with Gasteiger partial charge in [0.15, 0.2) is 5.13 Å². The van der Waals surface area contributed by atoms with Gasteiger partial charge in [-0.05, 0) is 30.3 Å². The summed E-state index contributed by atoms with van der Waals surface area (Å²) < 4.78 is 0.770. The summed E-state index contributed by atoms with van der Waals surface area (Å²) in [5.41, 5.74) is 2.71. The SMILES string of the molecule is CC(=O)Nc1ccc(-c2csc(NC(=O)c3cc(Br)ccc3Cl)n2)cc1. The average molecular weight is 451 g/mol. The van der Waals surface area contributed by atoms with Crippen molar-refractivity contribution in [2.45, 2.75) is 6.92 Å². The second-order valence-corrected chi connectivity index (χ2v) is 7.56. The molecule has 0 spiro atoms. The van der Waals surface area contributed by atoms with Gasteiger partial charge in [-0.15, -0.1) is 11.3 Å². The van der Waals surface area contributed by atoms with Gasteiger partial charge in [-0.25, -0.2) is 4.98 Å². The summed E-state index contributed by atoms with van der Waals surface area (Å²) in [5, 5.41) is 8.18. The number of nitrogens with one attached hydrogen (secondary N) is 2. The molecule has 0 aliphatic rings. The summed E-state index contributed by atoms with van der Waals surface area (Å²) in [5.74, 6) is -0.444. The highest BCUT2D eigenvalue weighted by Gasteiger charge is 2.13. The lowest BCUT2D eigenvalue weighted by Crippen LogP contribution is -2.12. The zero-order chi connectivity index (χ0) is 18.7. The number of thiazole rings is 1. The summed E-state index contributed by atoms with van der Waals surface area (Å²) in [6, 6.07) is 12.4. The fraction of sp³-hybridized carbons (Fsp3) is 0.0556. The molecule has 1 aromatic heterocycles. The van der Waals surface area contributed by atoms with Gasteiger partial charge in [0, 0.05) is 28.0 Å². The standard InChI is InChI=1S/C18H13BrClN3O2S/c1-10(24)21-13-5-2-11(3-6-13)16-9-26-18(22-16)23-17(25)14-8-12(19)4-7-15(14)20/h2-9H,1H3,(H,21,24)(H,22,23,25). The quantitative estimate of drug-likeness (QED) is 0.556. The minimum Gasteiger partial charge on any atom is -0.326 e. The van der Waals surface area contributed by atoms with Crippen LogP contribution < -0.4 is 10.6 Å². The number of hydrogen-bond acceptors (Lipinski definition) is 4. The average Bonchev–Trinajstić information content (AvgIpc) is 3.05. The number of carbonyl (C=O) groups is 2. The molecule has 26 heavy (non-hydrogen) atoms. The molecule has 8 heteroatoms. The Balaban J connectivity index is 1.74. The lowest BCUT2D eigenvalue weighted by atomic mass is 10.1. The Hall–Kier alpha value is -2.22. The molecule has 5 nitrogen and oxygen atoms in total.